The summed E-state index contributed by atoms with van der Waals surface area (Å²) in [5.41, 5.74) is 0.917. The molecule has 1 aromatic heterocycles. The Morgan fingerprint density at radius 1 is 1.36 bits per heavy atom. The molecular formula is C19H26N4O2. The van der Waals surface area contributed by atoms with E-state index in [0.717, 1.165) is 18.5 Å². The number of hydrogen-bond donors (Lipinski definition) is 2. The second-order valence-corrected chi connectivity index (χ2v) is 6.32. The Hall–Kier alpha value is -2.57. The van der Waals surface area contributed by atoms with Crippen molar-refractivity contribution in [3.05, 3.63) is 28.6 Å². The molecule has 1 aromatic rings. The molecule has 1 heterocycles. The molecule has 0 aromatic carbocycles. The molecule has 0 fully saturated rings. The van der Waals surface area contributed by atoms with Gasteiger partial charge in [0.15, 0.2) is 0 Å². The highest BCUT2D eigenvalue weighted by molar-refractivity contribution is 6.01. The minimum absolute atomic E-state index is 0.0477. The second kappa shape index (κ2) is 9.05. The van der Waals surface area contributed by atoms with Crippen molar-refractivity contribution in [2.45, 2.75) is 52.1 Å². The number of hydrogen-bond acceptors (Lipinski definition) is 4. The molecule has 0 radical (unpaired) electrons. The van der Waals surface area contributed by atoms with Gasteiger partial charge in [0.2, 0.25) is 0 Å². The van der Waals surface area contributed by atoms with Crippen LogP contribution in [0.3, 0.4) is 0 Å². The van der Waals surface area contributed by atoms with Crippen LogP contribution in [0.5, 0.6) is 0 Å². The summed E-state index contributed by atoms with van der Waals surface area (Å²) in [7, 11) is 1.76. The number of nitriles is 2. The molecule has 0 aliphatic rings. The lowest BCUT2D eigenvalue weighted by Gasteiger charge is -2.27. The zero-order valence-corrected chi connectivity index (χ0v) is 15.4. The van der Waals surface area contributed by atoms with Crippen LogP contribution in [-0.2, 0) is 11.8 Å². The fourth-order valence-corrected chi connectivity index (χ4v) is 2.85. The van der Waals surface area contributed by atoms with Crippen LogP contribution in [0.15, 0.2) is 11.6 Å². The Labute approximate surface area is 149 Å². The van der Waals surface area contributed by atoms with Crippen LogP contribution in [0, 0.1) is 29.6 Å². The maximum Gasteiger partial charge on any atom is 0.262 e. The lowest BCUT2D eigenvalue weighted by molar-refractivity contribution is -0.118. The predicted octanol–water partition coefficient (Wildman–Crippen LogP) is 2.56. The van der Waals surface area contributed by atoms with E-state index in [1.807, 2.05) is 26.8 Å². The number of nitrogens with zero attached hydrogens (tertiary/aromatic N) is 3. The molecule has 25 heavy (non-hydrogen) atoms. The Morgan fingerprint density at radius 2 is 1.96 bits per heavy atom. The molecule has 0 aliphatic carbocycles. The Balaban J connectivity index is 2.95. The van der Waals surface area contributed by atoms with Gasteiger partial charge in [0.1, 0.15) is 23.4 Å². The first-order valence-corrected chi connectivity index (χ1v) is 8.50. The third kappa shape index (κ3) is 5.20. The number of carbonyl (C=O) groups is 1. The molecule has 134 valence electrons. The Morgan fingerprint density at radius 3 is 2.40 bits per heavy atom. The molecule has 1 rings (SSSR count). The number of nitrogens with one attached hydrogen (secondary N) is 1. The minimum atomic E-state index is -0.948. The van der Waals surface area contributed by atoms with E-state index in [1.54, 1.807) is 17.7 Å². The van der Waals surface area contributed by atoms with Crippen LogP contribution in [0.4, 0.5) is 0 Å². The normalized spacial score (nSPS) is 11.7. The topological polar surface area (TPSA) is 102 Å². The van der Waals surface area contributed by atoms with Crippen molar-refractivity contribution in [2.24, 2.45) is 7.05 Å². The number of aliphatic hydroxyl groups is 1. The largest absolute Gasteiger partial charge is 0.388 e. The van der Waals surface area contributed by atoms with Crippen molar-refractivity contribution >= 4 is 12.0 Å². The predicted molar refractivity (Wildman–Crippen MR) is 96.2 cm³/mol. The number of amides is 1. The van der Waals surface area contributed by atoms with Gasteiger partial charge in [-0.1, -0.05) is 26.7 Å². The summed E-state index contributed by atoms with van der Waals surface area (Å²) >= 11 is 0. The average Bonchev–Trinajstić information content (AvgIpc) is 2.85. The van der Waals surface area contributed by atoms with Crippen molar-refractivity contribution in [3.63, 3.8) is 0 Å². The lowest BCUT2D eigenvalue weighted by Crippen LogP contribution is -2.43. The van der Waals surface area contributed by atoms with Crippen LogP contribution < -0.4 is 5.32 Å². The van der Waals surface area contributed by atoms with Gasteiger partial charge in [0, 0.05) is 19.3 Å². The smallest absolute Gasteiger partial charge is 0.262 e. The van der Waals surface area contributed by atoms with Gasteiger partial charge in [0.25, 0.3) is 5.91 Å². The Bertz CT molecular complexity index is 726. The fraction of sp³-hybridized carbons (Fsp3) is 0.526. The van der Waals surface area contributed by atoms with Gasteiger partial charge in [-0.2, -0.15) is 10.5 Å². The molecule has 2 N–H and O–H groups in total. The first-order valence-electron chi connectivity index (χ1n) is 8.50. The van der Waals surface area contributed by atoms with E-state index in [1.165, 1.54) is 6.08 Å². The van der Waals surface area contributed by atoms with Gasteiger partial charge < -0.3 is 15.0 Å². The van der Waals surface area contributed by atoms with E-state index in [0.29, 0.717) is 24.1 Å². The standard InChI is InChI=1S/C19H26N4O2/c1-5-7-19(25,8-6-2)13-22-18(24)16(11-20)9-15-10-17(12-21)23(4)14(15)3/h9-10,25H,5-8,13H2,1-4H3,(H,22,24). The number of aromatic nitrogens is 1. The summed E-state index contributed by atoms with van der Waals surface area (Å²) in [6.07, 6.45) is 4.29. The lowest BCUT2D eigenvalue weighted by atomic mass is 9.92. The molecule has 0 bridgehead atoms. The monoisotopic (exact) mass is 342 g/mol. The van der Waals surface area contributed by atoms with E-state index < -0.39 is 11.5 Å². The second-order valence-electron chi connectivity index (χ2n) is 6.32. The van der Waals surface area contributed by atoms with E-state index in [4.69, 9.17) is 5.26 Å². The quantitative estimate of drug-likeness (QED) is 0.560. The van der Waals surface area contributed by atoms with Crippen LogP contribution >= 0.6 is 0 Å². The molecule has 0 unspecified atom stereocenters. The molecule has 0 spiro atoms. The zero-order valence-electron chi connectivity index (χ0n) is 15.4. The van der Waals surface area contributed by atoms with Crippen LogP contribution in [0.25, 0.3) is 6.08 Å². The van der Waals surface area contributed by atoms with Gasteiger partial charge in [-0.25, -0.2) is 0 Å². The van der Waals surface area contributed by atoms with Gasteiger partial charge >= 0.3 is 0 Å². The molecule has 6 nitrogen and oxygen atoms in total. The molecule has 0 aliphatic heterocycles. The zero-order chi connectivity index (χ0) is 19.0. The third-order valence-corrected chi connectivity index (χ3v) is 4.36. The van der Waals surface area contributed by atoms with Crippen molar-refractivity contribution < 1.29 is 9.90 Å². The van der Waals surface area contributed by atoms with Crippen molar-refractivity contribution in [3.8, 4) is 12.1 Å². The first kappa shape index (κ1) is 20.5. The van der Waals surface area contributed by atoms with Crippen LogP contribution in [-0.4, -0.2) is 27.7 Å². The van der Waals surface area contributed by atoms with Gasteiger partial charge in [0.05, 0.1) is 5.60 Å². The van der Waals surface area contributed by atoms with Gasteiger partial charge in [-0.3, -0.25) is 4.79 Å². The summed E-state index contributed by atoms with van der Waals surface area (Å²) in [5, 5.41) is 31.6. The third-order valence-electron chi connectivity index (χ3n) is 4.36. The molecule has 6 heteroatoms. The maximum atomic E-state index is 12.3. The summed E-state index contributed by atoms with van der Waals surface area (Å²) in [6, 6.07) is 5.61. The maximum absolute atomic E-state index is 12.3. The summed E-state index contributed by atoms with van der Waals surface area (Å²) < 4.78 is 1.71. The molecule has 0 saturated heterocycles. The Kier molecular flexibility index (Phi) is 7.42. The van der Waals surface area contributed by atoms with E-state index in [-0.39, 0.29) is 12.1 Å². The summed E-state index contributed by atoms with van der Waals surface area (Å²) in [4.78, 5) is 12.3. The fourth-order valence-electron chi connectivity index (χ4n) is 2.85. The van der Waals surface area contributed by atoms with E-state index in [2.05, 4.69) is 11.4 Å². The summed E-state index contributed by atoms with van der Waals surface area (Å²) in [5.74, 6) is -0.519. The van der Waals surface area contributed by atoms with Crippen molar-refractivity contribution in [1.29, 1.82) is 10.5 Å². The SMILES string of the molecule is CCCC(O)(CCC)CNC(=O)C(C#N)=Cc1cc(C#N)n(C)c1C. The number of rotatable bonds is 8. The van der Waals surface area contributed by atoms with Gasteiger partial charge in [-0.15, -0.1) is 0 Å². The highest BCUT2D eigenvalue weighted by atomic mass is 16.3. The first-order chi connectivity index (χ1) is 11.8. The van der Waals surface area contributed by atoms with Gasteiger partial charge in [-0.05, 0) is 37.5 Å². The van der Waals surface area contributed by atoms with Crippen molar-refractivity contribution in [1.82, 2.24) is 9.88 Å². The molecular weight excluding hydrogens is 316 g/mol. The highest BCUT2D eigenvalue weighted by Gasteiger charge is 2.26. The van der Waals surface area contributed by atoms with Crippen molar-refractivity contribution in [2.75, 3.05) is 6.54 Å². The average molecular weight is 342 g/mol. The highest BCUT2D eigenvalue weighted by Crippen LogP contribution is 2.19. The summed E-state index contributed by atoms with van der Waals surface area (Å²) in [6.45, 7) is 5.90. The molecule has 0 saturated carbocycles. The van der Waals surface area contributed by atoms with Crippen LogP contribution in [0.2, 0.25) is 0 Å². The van der Waals surface area contributed by atoms with Crippen LogP contribution in [0.1, 0.15) is 56.5 Å². The number of carbonyl (C=O) groups excluding carboxylic acids is 1. The van der Waals surface area contributed by atoms with E-state index in [9.17, 15) is 15.2 Å². The van der Waals surface area contributed by atoms with E-state index >= 15 is 0 Å². The molecule has 0 atom stereocenters. The molecule has 1 amide bonds. The minimum Gasteiger partial charge on any atom is -0.388 e.